The Kier molecular flexibility index (Phi) is 5.46. The van der Waals surface area contributed by atoms with Crippen LogP contribution in [0.4, 0.5) is 4.79 Å². The number of benzene rings is 1. The van der Waals surface area contributed by atoms with Gasteiger partial charge >= 0.3 is 12.0 Å². The van der Waals surface area contributed by atoms with E-state index in [1.807, 2.05) is 31.3 Å². The Morgan fingerprint density at radius 3 is 2.52 bits per heavy atom. The summed E-state index contributed by atoms with van der Waals surface area (Å²) in [5.74, 6) is -1.63. The van der Waals surface area contributed by atoms with Crippen LogP contribution in [-0.4, -0.2) is 24.0 Å². The van der Waals surface area contributed by atoms with Crippen molar-refractivity contribution >= 4 is 28.9 Å². The highest BCUT2D eigenvalue weighted by atomic mass is 16.5. The van der Waals surface area contributed by atoms with E-state index < -0.39 is 24.0 Å². The van der Waals surface area contributed by atoms with E-state index in [0.29, 0.717) is 5.56 Å². The number of primary amides is 1. The molecule has 1 atom stereocenters. The van der Waals surface area contributed by atoms with Gasteiger partial charge in [0.05, 0.1) is 12.7 Å². The molecule has 0 fully saturated rings. The number of hydrogen-bond donors (Lipinski definition) is 2. The Labute approximate surface area is 145 Å². The maximum atomic E-state index is 12.3. The molecular weight excluding hydrogens is 324 g/mol. The minimum atomic E-state index is -1.10. The van der Waals surface area contributed by atoms with E-state index in [1.165, 1.54) is 6.26 Å². The Balaban J connectivity index is 2.15. The van der Waals surface area contributed by atoms with Crippen molar-refractivity contribution in [3.8, 4) is 0 Å². The first kappa shape index (κ1) is 18.5. The van der Waals surface area contributed by atoms with E-state index in [4.69, 9.17) is 14.9 Å². The summed E-state index contributed by atoms with van der Waals surface area (Å²) in [6.07, 6.45) is 0.386. The van der Waals surface area contributed by atoms with Crippen LogP contribution in [0, 0.1) is 19.8 Å². The first-order valence-electron chi connectivity index (χ1n) is 7.96. The lowest BCUT2D eigenvalue weighted by molar-refractivity contribution is -0.157. The third-order valence-corrected chi connectivity index (χ3v) is 4.05. The van der Waals surface area contributed by atoms with Crippen molar-refractivity contribution in [1.29, 1.82) is 0 Å². The molecule has 0 bridgehead atoms. The number of ether oxygens (including phenoxy) is 1. The predicted molar refractivity (Wildman–Crippen MR) is 91.8 cm³/mol. The van der Waals surface area contributed by atoms with Crippen LogP contribution in [0.25, 0.3) is 11.0 Å². The van der Waals surface area contributed by atoms with Crippen LogP contribution < -0.4 is 11.1 Å². The molecule has 0 aliphatic carbocycles. The monoisotopic (exact) mass is 346 g/mol. The third-order valence-electron chi connectivity index (χ3n) is 4.05. The molecule has 0 saturated carbocycles. The Morgan fingerprint density at radius 1 is 1.24 bits per heavy atom. The first-order chi connectivity index (χ1) is 11.7. The summed E-state index contributed by atoms with van der Waals surface area (Å²) in [6.45, 7) is 7.35. The fourth-order valence-electron chi connectivity index (χ4n) is 2.55. The van der Waals surface area contributed by atoms with E-state index in [0.717, 1.165) is 22.1 Å². The molecule has 7 heteroatoms. The van der Waals surface area contributed by atoms with E-state index in [-0.39, 0.29) is 12.3 Å². The summed E-state index contributed by atoms with van der Waals surface area (Å²) in [7, 11) is 0. The zero-order chi connectivity index (χ0) is 18.7. The topological polar surface area (TPSA) is 112 Å². The Hall–Kier alpha value is -2.83. The molecule has 3 amide bonds. The van der Waals surface area contributed by atoms with E-state index in [9.17, 15) is 14.4 Å². The third kappa shape index (κ3) is 4.17. The highest BCUT2D eigenvalue weighted by Crippen LogP contribution is 2.27. The number of urea groups is 1. The normalized spacial score (nSPS) is 12.2. The van der Waals surface area contributed by atoms with Crippen molar-refractivity contribution in [2.75, 3.05) is 0 Å². The first-order valence-corrected chi connectivity index (χ1v) is 7.96. The fraction of sp³-hybridized carbons (Fsp3) is 0.389. The maximum Gasteiger partial charge on any atom is 0.318 e. The van der Waals surface area contributed by atoms with E-state index in [1.54, 1.807) is 13.8 Å². The van der Waals surface area contributed by atoms with Gasteiger partial charge in [0.1, 0.15) is 5.58 Å². The average Bonchev–Trinajstić information content (AvgIpc) is 2.91. The lowest BCUT2D eigenvalue weighted by Crippen LogP contribution is -2.45. The molecule has 0 radical (unpaired) electrons. The second-order valence-electron chi connectivity index (χ2n) is 6.33. The molecule has 3 N–H and O–H groups in total. The van der Waals surface area contributed by atoms with Crippen LogP contribution in [0.2, 0.25) is 0 Å². The van der Waals surface area contributed by atoms with Gasteiger partial charge in [-0.15, -0.1) is 0 Å². The fourth-order valence-corrected chi connectivity index (χ4v) is 2.55. The second-order valence-corrected chi connectivity index (χ2v) is 6.33. The molecule has 1 aromatic heterocycles. The van der Waals surface area contributed by atoms with Gasteiger partial charge in [-0.3, -0.25) is 14.9 Å². The predicted octanol–water partition coefficient (Wildman–Crippen LogP) is 2.35. The van der Waals surface area contributed by atoms with E-state index >= 15 is 0 Å². The lowest BCUT2D eigenvalue weighted by Gasteiger charge is -2.19. The lowest BCUT2D eigenvalue weighted by atomic mass is 10.0. The molecule has 7 nitrogen and oxygen atoms in total. The van der Waals surface area contributed by atoms with Crippen molar-refractivity contribution in [3.63, 3.8) is 0 Å². The van der Waals surface area contributed by atoms with Crippen LogP contribution in [0.1, 0.15) is 30.5 Å². The minimum absolute atomic E-state index is 0.0391. The number of imide groups is 1. The van der Waals surface area contributed by atoms with Gasteiger partial charge in [0, 0.05) is 10.9 Å². The molecule has 134 valence electrons. The van der Waals surface area contributed by atoms with Crippen LogP contribution in [-0.2, 0) is 20.7 Å². The number of nitrogens with two attached hydrogens (primary N) is 1. The Morgan fingerprint density at radius 2 is 1.92 bits per heavy atom. The number of furan rings is 1. The molecule has 0 spiro atoms. The number of rotatable bonds is 5. The Bertz CT molecular complexity index is 822. The van der Waals surface area contributed by atoms with Gasteiger partial charge in [-0.05, 0) is 30.9 Å². The summed E-state index contributed by atoms with van der Waals surface area (Å²) in [6, 6.07) is 2.86. The van der Waals surface area contributed by atoms with Crippen LogP contribution in [0.15, 0.2) is 22.8 Å². The zero-order valence-corrected chi connectivity index (χ0v) is 14.7. The highest BCUT2D eigenvalue weighted by molar-refractivity contribution is 5.97. The molecule has 0 aliphatic rings. The van der Waals surface area contributed by atoms with Gasteiger partial charge in [0.25, 0.3) is 5.91 Å². The molecule has 0 aliphatic heterocycles. The van der Waals surface area contributed by atoms with Gasteiger partial charge in [-0.25, -0.2) is 4.79 Å². The van der Waals surface area contributed by atoms with Gasteiger partial charge in [0.2, 0.25) is 0 Å². The standard InChI is InChI=1S/C18H22N2O5/c1-9(2)15(17(22)20-18(19)23)25-14(21)7-12-8-24-16-11(4)10(3)5-6-13(12)16/h5-6,8-9,15H,7H2,1-4H3,(H3,19,20,22,23)/t15-/m1/s1. The average molecular weight is 346 g/mol. The molecule has 0 saturated heterocycles. The van der Waals surface area contributed by atoms with Gasteiger partial charge < -0.3 is 14.9 Å². The number of nitrogens with one attached hydrogen (secondary N) is 1. The number of esters is 1. The maximum absolute atomic E-state index is 12.3. The summed E-state index contributed by atoms with van der Waals surface area (Å²) >= 11 is 0. The number of carbonyl (C=O) groups excluding carboxylic acids is 3. The largest absolute Gasteiger partial charge is 0.464 e. The SMILES string of the molecule is Cc1ccc2c(CC(=O)O[C@@H](C(=O)NC(N)=O)C(C)C)coc2c1C. The number of amides is 3. The van der Waals surface area contributed by atoms with Crippen molar-refractivity contribution in [2.45, 2.75) is 40.2 Å². The van der Waals surface area contributed by atoms with Crippen LogP contribution >= 0.6 is 0 Å². The molecule has 2 rings (SSSR count). The molecular formula is C18H22N2O5. The quantitative estimate of drug-likeness (QED) is 0.807. The van der Waals surface area contributed by atoms with Crippen molar-refractivity contribution in [1.82, 2.24) is 5.32 Å². The molecule has 25 heavy (non-hydrogen) atoms. The van der Waals surface area contributed by atoms with Crippen molar-refractivity contribution in [2.24, 2.45) is 11.7 Å². The number of fused-ring (bicyclic) bond motifs is 1. The second kappa shape index (κ2) is 7.38. The smallest absolute Gasteiger partial charge is 0.318 e. The number of carbonyl (C=O) groups is 3. The zero-order valence-electron chi connectivity index (χ0n) is 14.7. The van der Waals surface area contributed by atoms with E-state index in [2.05, 4.69) is 0 Å². The van der Waals surface area contributed by atoms with Crippen molar-refractivity contribution in [3.05, 3.63) is 35.1 Å². The van der Waals surface area contributed by atoms with Crippen LogP contribution in [0.3, 0.4) is 0 Å². The summed E-state index contributed by atoms with van der Waals surface area (Å²) in [5, 5.41) is 2.77. The molecule has 1 aromatic carbocycles. The summed E-state index contributed by atoms with van der Waals surface area (Å²) in [5.41, 5.74) is 8.46. The summed E-state index contributed by atoms with van der Waals surface area (Å²) < 4.78 is 10.8. The molecule has 2 aromatic rings. The minimum Gasteiger partial charge on any atom is -0.464 e. The molecule has 0 unspecified atom stereocenters. The van der Waals surface area contributed by atoms with Crippen LogP contribution in [0.5, 0.6) is 0 Å². The summed E-state index contributed by atoms with van der Waals surface area (Å²) in [4.78, 5) is 35.0. The van der Waals surface area contributed by atoms with Gasteiger partial charge in [0.15, 0.2) is 6.10 Å². The highest BCUT2D eigenvalue weighted by Gasteiger charge is 2.27. The molecule has 1 heterocycles. The number of hydrogen-bond acceptors (Lipinski definition) is 5. The van der Waals surface area contributed by atoms with Crippen molar-refractivity contribution < 1.29 is 23.5 Å². The van der Waals surface area contributed by atoms with Gasteiger partial charge in [-0.2, -0.15) is 0 Å². The number of aryl methyl sites for hydroxylation is 2. The van der Waals surface area contributed by atoms with Gasteiger partial charge in [-0.1, -0.05) is 26.0 Å².